The minimum Gasteiger partial charge on any atom is -0.494 e. The summed E-state index contributed by atoms with van der Waals surface area (Å²) in [6, 6.07) is 12.7. The number of rotatable bonds is 8. The molecule has 3 rings (SSSR count). The third kappa shape index (κ3) is 4.99. The van der Waals surface area contributed by atoms with E-state index in [0.717, 1.165) is 6.42 Å². The highest BCUT2D eigenvalue weighted by Crippen LogP contribution is 2.15. The number of ether oxygens (including phenoxy) is 1. The molecule has 0 radical (unpaired) electrons. The van der Waals surface area contributed by atoms with Gasteiger partial charge in [0.1, 0.15) is 11.6 Å². The van der Waals surface area contributed by atoms with E-state index in [-0.39, 0.29) is 29.0 Å². The average Bonchev–Trinajstić information content (AvgIpc) is 2.72. The molecule has 0 unspecified atom stereocenters. The largest absolute Gasteiger partial charge is 0.494 e. The summed E-state index contributed by atoms with van der Waals surface area (Å²) < 4.78 is 19.7. The Kier molecular flexibility index (Phi) is 6.59. The van der Waals surface area contributed by atoms with E-state index in [1.807, 2.05) is 13.8 Å². The Bertz CT molecular complexity index is 1050. The third-order valence-electron chi connectivity index (χ3n) is 4.47. The number of nitrogens with one attached hydrogen (secondary N) is 1. The maximum absolute atomic E-state index is 12.9. The standard InChI is InChI=1S/C22H24FN3O3/c1-15(2)26-22(28)19-8-4-3-7-18(19)20(25-26)21(27)24-13-5-6-14-29-17-11-9-16(23)10-12-17/h3-4,7-12,15H,5-6,13-14H2,1-2H3,(H,24,27). The van der Waals surface area contributed by atoms with E-state index in [0.29, 0.717) is 36.1 Å². The Balaban J connectivity index is 1.58. The highest BCUT2D eigenvalue weighted by atomic mass is 19.1. The van der Waals surface area contributed by atoms with Crippen molar-refractivity contribution in [3.63, 3.8) is 0 Å². The van der Waals surface area contributed by atoms with Crippen molar-refractivity contribution in [1.82, 2.24) is 15.1 Å². The van der Waals surface area contributed by atoms with Gasteiger partial charge in [-0.05, 0) is 57.0 Å². The fraction of sp³-hybridized carbons (Fsp3) is 0.318. The smallest absolute Gasteiger partial charge is 0.274 e. The lowest BCUT2D eigenvalue weighted by Crippen LogP contribution is -2.32. The van der Waals surface area contributed by atoms with Crippen molar-refractivity contribution in [1.29, 1.82) is 0 Å². The molecule has 1 heterocycles. The fourth-order valence-corrected chi connectivity index (χ4v) is 2.96. The third-order valence-corrected chi connectivity index (χ3v) is 4.47. The number of benzene rings is 2. The van der Waals surface area contributed by atoms with Crippen LogP contribution in [0.1, 0.15) is 43.2 Å². The van der Waals surface area contributed by atoms with Gasteiger partial charge in [0.2, 0.25) is 0 Å². The Labute approximate surface area is 168 Å². The number of aromatic nitrogens is 2. The van der Waals surface area contributed by atoms with E-state index in [9.17, 15) is 14.0 Å². The number of unbranched alkanes of at least 4 members (excludes halogenated alkanes) is 1. The van der Waals surface area contributed by atoms with Crippen LogP contribution in [0.15, 0.2) is 53.3 Å². The molecule has 0 saturated heterocycles. The van der Waals surface area contributed by atoms with Gasteiger partial charge in [0, 0.05) is 11.9 Å². The lowest BCUT2D eigenvalue weighted by molar-refractivity contribution is 0.0946. The maximum atomic E-state index is 12.9. The molecule has 0 spiro atoms. The van der Waals surface area contributed by atoms with E-state index in [1.54, 1.807) is 36.4 Å². The second kappa shape index (κ2) is 9.32. The number of halogens is 1. The van der Waals surface area contributed by atoms with Crippen LogP contribution in [0.4, 0.5) is 4.39 Å². The van der Waals surface area contributed by atoms with Crippen molar-refractivity contribution < 1.29 is 13.9 Å². The Hall–Kier alpha value is -3.22. The van der Waals surface area contributed by atoms with Gasteiger partial charge in [-0.3, -0.25) is 9.59 Å². The molecule has 1 amide bonds. The molecule has 29 heavy (non-hydrogen) atoms. The van der Waals surface area contributed by atoms with Gasteiger partial charge in [-0.25, -0.2) is 9.07 Å². The zero-order valence-corrected chi connectivity index (χ0v) is 16.5. The predicted octanol–water partition coefficient (Wildman–Crippen LogP) is 3.71. The van der Waals surface area contributed by atoms with Gasteiger partial charge in [-0.15, -0.1) is 0 Å². The molecule has 6 nitrogen and oxygen atoms in total. The van der Waals surface area contributed by atoms with Gasteiger partial charge in [-0.2, -0.15) is 5.10 Å². The molecule has 0 atom stereocenters. The monoisotopic (exact) mass is 397 g/mol. The first kappa shape index (κ1) is 20.5. The van der Waals surface area contributed by atoms with E-state index >= 15 is 0 Å². The van der Waals surface area contributed by atoms with Crippen molar-refractivity contribution in [3.05, 3.63) is 70.4 Å². The zero-order chi connectivity index (χ0) is 20.8. The average molecular weight is 397 g/mol. The van der Waals surface area contributed by atoms with Crippen molar-refractivity contribution in [2.45, 2.75) is 32.7 Å². The SMILES string of the molecule is CC(C)n1nc(C(=O)NCCCCOc2ccc(F)cc2)c2ccccc2c1=O. The highest BCUT2D eigenvalue weighted by Gasteiger charge is 2.17. The molecule has 7 heteroatoms. The van der Waals surface area contributed by atoms with Crippen molar-refractivity contribution >= 4 is 16.7 Å². The predicted molar refractivity (Wildman–Crippen MR) is 110 cm³/mol. The maximum Gasteiger partial charge on any atom is 0.274 e. The van der Waals surface area contributed by atoms with Crippen LogP contribution in [0.5, 0.6) is 5.75 Å². The Morgan fingerprint density at radius 2 is 1.79 bits per heavy atom. The molecule has 0 aliphatic heterocycles. The van der Waals surface area contributed by atoms with Crippen LogP contribution >= 0.6 is 0 Å². The zero-order valence-electron chi connectivity index (χ0n) is 16.5. The van der Waals surface area contributed by atoms with Gasteiger partial charge < -0.3 is 10.1 Å². The number of carbonyl (C=O) groups is 1. The molecule has 1 N–H and O–H groups in total. The second-order valence-electron chi connectivity index (χ2n) is 7.00. The summed E-state index contributed by atoms with van der Waals surface area (Å²) in [6.45, 7) is 4.64. The Morgan fingerprint density at radius 1 is 1.10 bits per heavy atom. The van der Waals surface area contributed by atoms with Crippen LogP contribution in [0, 0.1) is 5.82 Å². The summed E-state index contributed by atoms with van der Waals surface area (Å²) in [7, 11) is 0. The van der Waals surface area contributed by atoms with Crippen LogP contribution in [-0.4, -0.2) is 28.8 Å². The molecular formula is C22H24FN3O3. The molecule has 0 fully saturated rings. The van der Waals surface area contributed by atoms with E-state index in [1.165, 1.54) is 16.8 Å². The topological polar surface area (TPSA) is 73.2 Å². The number of nitrogens with zero attached hydrogens (tertiary/aromatic N) is 2. The van der Waals surface area contributed by atoms with Crippen LogP contribution in [0.3, 0.4) is 0 Å². The molecular weight excluding hydrogens is 373 g/mol. The summed E-state index contributed by atoms with van der Waals surface area (Å²) in [4.78, 5) is 25.2. The highest BCUT2D eigenvalue weighted by molar-refractivity contribution is 6.04. The van der Waals surface area contributed by atoms with Gasteiger partial charge >= 0.3 is 0 Å². The van der Waals surface area contributed by atoms with E-state index < -0.39 is 0 Å². The van der Waals surface area contributed by atoms with Crippen LogP contribution in [0.2, 0.25) is 0 Å². The molecule has 152 valence electrons. The minimum absolute atomic E-state index is 0.151. The lowest BCUT2D eigenvalue weighted by Gasteiger charge is -2.13. The summed E-state index contributed by atoms with van der Waals surface area (Å²) >= 11 is 0. The number of fused-ring (bicyclic) bond motifs is 1. The number of amides is 1. The van der Waals surface area contributed by atoms with E-state index in [2.05, 4.69) is 10.4 Å². The molecule has 0 saturated carbocycles. The van der Waals surface area contributed by atoms with Gasteiger partial charge in [0.05, 0.1) is 18.0 Å². The van der Waals surface area contributed by atoms with Gasteiger partial charge in [-0.1, -0.05) is 18.2 Å². The lowest BCUT2D eigenvalue weighted by atomic mass is 10.1. The van der Waals surface area contributed by atoms with Crippen molar-refractivity contribution in [2.75, 3.05) is 13.2 Å². The molecule has 3 aromatic rings. The molecule has 0 bridgehead atoms. The molecule has 0 aliphatic rings. The first-order valence-electron chi connectivity index (χ1n) is 9.65. The molecule has 1 aromatic heterocycles. The number of hydrogen-bond donors (Lipinski definition) is 1. The second-order valence-corrected chi connectivity index (χ2v) is 7.00. The summed E-state index contributed by atoms with van der Waals surface area (Å²) in [6.07, 6.45) is 1.45. The number of carbonyl (C=O) groups excluding carboxylic acids is 1. The van der Waals surface area contributed by atoms with Crippen LogP contribution in [-0.2, 0) is 0 Å². The van der Waals surface area contributed by atoms with E-state index in [4.69, 9.17) is 4.74 Å². The fourth-order valence-electron chi connectivity index (χ4n) is 2.96. The quantitative estimate of drug-likeness (QED) is 0.588. The first-order valence-corrected chi connectivity index (χ1v) is 9.65. The summed E-state index contributed by atoms with van der Waals surface area (Å²) in [5.74, 6) is 0.00194. The van der Waals surface area contributed by atoms with Crippen LogP contribution < -0.4 is 15.6 Å². The normalized spacial score (nSPS) is 11.0. The summed E-state index contributed by atoms with van der Waals surface area (Å²) in [5, 5.41) is 8.19. The van der Waals surface area contributed by atoms with Gasteiger partial charge in [0.15, 0.2) is 5.69 Å². The van der Waals surface area contributed by atoms with Crippen molar-refractivity contribution in [2.24, 2.45) is 0 Å². The first-order chi connectivity index (χ1) is 14.0. The van der Waals surface area contributed by atoms with Crippen molar-refractivity contribution in [3.8, 4) is 5.75 Å². The van der Waals surface area contributed by atoms with Crippen LogP contribution in [0.25, 0.3) is 10.8 Å². The Morgan fingerprint density at radius 3 is 2.48 bits per heavy atom. The molecule has 2 aromatic carbocycles. The minimum atomic E-state index is -0.310. The van der Waals surface area contributed by atoms with Gasteiger partial charge in [0.25, 0.3) is 11.5 Å². The molecule has 0 aliphatic carbocycles. The number of hydrogen-bond acceptors (Lipinski definition) is 4. The summed E-state index contributed by atoms with van der Waals surface area (Å²) in [5.41, 5.74) is 0.0431.